The zero-order valence-electron chi connectivity index (χ0n) is 19.0. The number of hydrogen-bond donors (Lipinski definition) is 3. The molecule has 8 heteroatoms. The number of aromatic nitrogens is 1. The average Bonchev–Trinajstić information content (AvgIpc) is 2.87. The molecule has 0 unspecified atom stereocenters. The molecule has 0 aliphatic rings. The summed E-state index contributed by atoms with van der Waals surface area (Å²) >= 11 is 1.28. The second-order valence-electron chi connectivity index (χ2n) is 7.94. The summed E-state index contributed by atoms with van der Waals surface area (Å²) in [5.41, 5.74) is 3.52. The Hall–Kier alpha value is -4.61. The van der Waals surface area contributed by atoms with E-state index >= 15 is 0 Å². The van der Waals surface area contributed by atoms with Crippen molar-refractivity contribution in [1.82, 2.24) is 4.98 Å². The molecule has 36 heavy (non-hydrogen) atoms. The van der Waals surface area contributed by atoms with Gasteiger partial charge in [0.15, 0.2) is 0 Å². The van der Waals surface area contributed by atoms with E-state index in [0.29, 0.717) is 44.3 Å². The lowest BCUT2D eigenvalue weighted by Crippen LogP contribution is -2.12. The molecule has 0 radical (unpaired) electrons. The first-order valence-electron chi connectivity index (χ1n) is 11.0. The number of carboxylic acid groups (broad SMARTS) is 1. The summed E-state index contributed by atoms with van der Waals surface area (Å²) in [6, 6.07) is 26.6. The summed E-state index contributed by atoms with van der Waals surface area (Å²) in [6.45, 7) is 0. The van der Waals surface area contributed by atoms with Crippen LogP contribution in [-0.2, 0) is 17.0 Å². The van der Waals surface area contributed by atoms with Crippen LogP contribution >= 0.6 is 11.8 Å². The Kier molecular flexibility index (Phi) is 7.63. The number of H-pyrrole nitrogens is 1. The molecule has 1 heterocycles. The molecule has 3 aromatic carbocycles. The number of carbonyl (C=O) groups excluding carboxylic acids is 1. The molecule has 4 rings (SSSR count). The predicted octanol–water partition coefficient (Wildman–Crippen LogP) is 5.09. The highest BCUT2D eigenvalue weighted by atomic mass is 32.2. The Morgan fingerprint density at radius 1 is 0.944 bits per heavy atom. The van der Waals surface area contributed by atoms with Crippen molar-refractivity contribution in [2.45, 2.75) is 17.2 Å². The fourth-order valence-corrected chi connectivity index (χ4v) is 4.66. The van der Waals surface area contributed by atoms with Gasteiger partial charge in [0, 0.05) is 28.6 Å². The quantitative estimate of drug-likeness (QED) is 0.293. The molecule has 0 aliphatic heterocycles. The maximum atomic E-state index is 12.8. The van der Waals surface area contributed by atoms with E-state index in [1.54, 1.807) is 54.6 Å². The summed E-state index contributed by atoms with van der Waals surface area (Å²) in [6.07, 6.45) is -0.0809. The molecule has 0 spiro atoms. The van der Waals surface area contributed by atoms with Crippen molar-refractivity contribution in [1.29, 1.82) is 5.26 Å². The molecule has 0 bridgehead atoms. The highest BCUT2D eigenvalue weighted by molar-refractivity contribution is 7.98. The second kappa shape index (κ2) is 11.2. The smallest absolute Gasteiger partial charge is 0.307 e. The first-order chi connectivity index (χ1) is 17.4. The number of nitriles is 1. The van der Waals surface area contributed by atoms with Crippen molar-refractivity contribution in [3.8, 4) is 17.2 Å². The molecule has 3 N–H and O–H groups in total. The minimum absolute atomic E-state index is 0.0809. The van der Waals surface area contributed by atoms with Crippen molar-refractivity contribution in [2.75, 3.05) is 5.32 Å². The van der Waals surface area contributed by atoms with Gasteiger partial charge in [-0.25, -0.2) is 0 Å². The Labute approximate surface area is 211 Å². The van der Waals surface area contributed by atoms with E-state index in [9.17, 15) is 19.6 Å². The van der Waals surface area contributed by atoms with Crippen LogP contribution in [0.15, 0.2) is 94.7 Å². The number of nitrogens with one attached hydrogen (secondary N) is 2. The van der Waals surface area contributed by atoms with Gasteiger partial charge in [-0.05, 0) is 41.0 Å². The number of pyridine rings is 1. The molecule has 0 saturated carbocycles. The first kappa shape index (κ1) is 24.5. The monoisotopic (exact) mass is 495 g/mol. The number of nitrogens with zero attached hydrogens (tertiary/aromatic N) is 1. The van der Waals surface area contributed by atoms with Crippen LogP contribution in [0.25, 0.3) is 11.1 Å². The Morgan fingerprint density at radius 3 is 2.44 bits per heavy atom. The predicted molar refractivity (Wildman–Crippen MR) is 139 cm³/mol. The van der Waals surface area contributed by atoms with E-state index in [0.717, 1.165) is 5.56 Å². The molecule has 1 aromatic heterocycles. The van der Waals surface area contributed by atoms with E-state index in [4.69, 9.17) is 5.11 Å². The number of amides is 1. The highest BCUT2D eigenvalue weighted by Crippen LogP contribution is 2.31. The molecule has 178 valence electrons. The zero-order valence-corrected chi connectivity index (χ0v) is 19.8. The normalized spacial score (nSPS) is 10.4. The summed E-state index contributed by atoms with van der Waals surface area (Å²) in [4.78, 5) is 39.0. The number of aromatic amines is 1. The van der Waals surface area contributed by atoms with E-state index in [1.165, 1.54) is 17.8 Å². The van der Waals surface area contributed by atoms with Crippen LogP contribution in [0, 0.1) is 11.3 Å². The molecular weight excluding hydrogens is 474 g/mol. The number of hydrogen-bond acceptors (Lipinski definition) is 5. The number of para-hydroxylation sites is 1. The van der Waals surface area contributed by atoms with Crippen molar-refractivity contribution >= 4 is 29.3 Å². The van der Waals surface area contributed by atoms with Gasteiger partial charge in [-0.3, -0.25) is 14.4 Å². The average molecular weight is 496 g/mol. The number of anilines is 1. The van der Waals surface area contributed by atoms with E-state index in [2.05, 4.69) is 16.4 Å². The SMILES string of the molecule is N#Cc1c(-c2cccc(C(=O)Nc3ccccc3)c2)cc(=O)[nH]c1SCc1cccc(CC(=O)O)c1. The van der Waals surface area contributed by atoms with Crippen LogP contribution in [-0.4, -0.2) is 22.0 Å². The molecular formula is C28H21N3O4S. The maximum absolute atomic E-state index is 12.8. The van der Waals surface area contributed by atoms with Gasteiger partial charge in [0.25, 0.3) is 5.91 Å². The summed E-state index contributed by atoms with van der Waals surface area (Å²) in [7, 11) is 0. The number of rotatable bonds is 8. The zero-order chi connectivity index (χ0) is 25.5. The molecule has 0 atom stereocenters. The van der Waals surface area contributed by atoms with Crippen LogP contribution in [0.1, 0.15) is 27.0 Å². The van der Waals surface area contributed by atoms with Gasteiger partial charge < -0.3 is 15.4 Å². The van der Waals surface area contributed by atoms with E-state index in [1.807, 2.05) is 24.3 Å². The van der Waals surface area contributed by atoms with Crippen LogP contribution in [0.2, 0.25) is 0 Å². The van der Waals surface area contributed by atoms with Crippen LogP contribution < -0.4 is 10.9 Å². The van der Waals surface area contributed by atoms with Gasteiger partial charge >= 0.3 is 5.97 Å². The lowest BCUT2D eigenvalue weighted by atomic mass is 10.00. The van der Waals surface area contributed by atoms with Crippen LogP contribution in [0.5, 0.6) is 0 Å². The van der Waals surface area contributed by atoms with Crippen molar-refractivity contribution in [2.24, 2.45) is 0 Å². The summed E-state index contributed by atoms with van der Waals surface area (Å²) in [5, 5.41) is 22.2. The van der Waals surface area contributed by atoms with E-state index in [-0.39, 0.29) is 17.9 Å². The highest BCUT2D eigenvalue weighted by Gasteiger charge is 2.15. The Morgan fingerprint density at radius 2 is 1.69 bits per heavy atom. The van der Waals surface area contributed by atoms with Gasteiger partial charge in [-0.15, -0.1) is 11.8 Å². The molecule has 4 aromatic rings. The molecule has 0 saturated heterocycles. The van der Waals surface area contributed by atoms with Crippen LogP contribution in [0.3, 0.4) is 0 Å². The minimum atomic E-state index is -0.914. The number of thioether (sulfide) groups is 1. The first-order valence-corrected chi connectivity index (χ1v) is 12.0. The fraction of sp³-hybridized carbons (Fsp3) is 0.0714. The second-order valence-corrected chi connectivity index (χ2v) is 8.93. The molecule has 1 amide bonds. The summed E-state index contributed by atoms with van der Waals surface area (Å²) < 4.78 is 0. The van der Waals surface area contributed by atoms with Gasteiger partial charge in [0.1, 0.15) is 6.07 Å². The Balaban J connectivity index is 1.61. The largest absolute Gasteiger partial charge is 0.481 e. The van der Waals surface area contributed by atoms with Crippen LogP contribution in [0.4, 0.5) is 5.69 Å². The third kappa shape index (κ3) is 6.09. The molecule has 0 aliphatic carbocycles. The van der Waals surface area contributed by atoms with Gasteiger partial charge in [-0.1, -0.05) is 54.6 Å². The third-order valence-electron chi connectivity index (χ3n) is 5.32. The lowest BCUT2D eigenvalue weighted by Gasteiger charge is -2.11. The molecule has 7 nitrogen and oxygen atoms in total. The summed E-state index contributed by atoms with van der Waals surface area (Å²) in [5.74, 6) is -0.786. The topological polar surface area (TPSA) is 123 Å². The standard InChI is InChI=1S/C28H21N3O4S/c29-16-24-23(20-8-5-9-21(14-20)27(35)30-22-10-2-1-3-11-22)15-25(32)31-28(24)36-17-19-7-4-6-18(12-19)13-26(33)34/h1-12,14-15H,13,17H2,(H,30,35)(H,31,32)(H,33,34). The number of aliphatic carboxylic acids is 1. The van der Waals surface area contributed by atoms with Gasteiger partial charge in [0.05, 0.1) is 17.0 Å². The van der Waals surface area contributed by atoms with Crippen molar-refractivity contribution in [3.63, 3.8) is 0 Å². The number of carboxylic acids is 1. The molecule has 0 fully saturated rings. The van der Waals surface area contributed by atoms with Crippen molar-refractivity contribution < 1.29 is 14.7 Å². The van der Waals surface area contributed by atoms with Gasteiger partial charge in [0.2, 0.25) is 5.56 Å². The van der Waals surface area contributed by atoms with E-state index < -0.39 is 5.97 Å². The van der Waals surface area contributed by atoms with Gasteiger partial charge in [-0.2, -0.15) is 5.26 Å². The number of carbonyl (C=O) groups is 2. The lowest BCUT2D eigenvalue weighted by molar-refractivity contribution is -0.136. The fourth-order valence-electron chi connectivity index (χ4n) is 3.70. The Bertz CT molecular complexity index is 1520. The minimum Gasteiger partial charge on any atom is -0.481 e. The number of benzene rings is 3. The van der Waals surface area contributed by atoms with Crippen molar-refractivity contribution in [3.05, 3.63) is 118 Å². The maximum Gasteiger partial charge on any atom is 0.307 e. The third-order valence-corrected chi connectivity index (χ3v) is 6.39.